The molecule has 2 N–H and O–H groups in total. The number of anilines is 2. The highest BCUT2D eigenvalue weighted by Gasteiger charge is 2.24. The average Bonchev–Trinajstić information content (AvgIpc) is 2.26. The first-order valence-corrected chi connectivity index (χ1v) is 9.11. The molecule has 0 bridgehead atoms. The first-order chi connectivity index (χ1) is 8.77. The molecule has 0 radical (unpaired) electrons. The van der Waals surface area contributed by atoms with Crippen molar-refractivity contribution in [1.29, 1.82) is 0 Å². The Morgan fingerprint density at radius 1 is 1.26 bits per heavy atom. The highest BCUT2D eigenvalue weighted by Crippen LogP contribution is 2.32. The molecule has 106 valence electrons. The fourth-order valence-electron chi connectivity index (χ4n) is 2.43. The molecular weight excluding hydrogens is 280 g/mol. The maximum absolute atomic E-state index is 11.5. The van der Waals surface area contributed by atoms with Gasteiger partial charge in [0.05, 0.1) is 16.3 Å². The first kappa shape index (κ1) is 14.5. The highest BCUT2D eigenvalue weighted by atomic mass is 32.2. The van der Waals surface area contributed by atoms with Gasteiger partial charge in [-0.2, -0.15) is 11.8 Å². The molecule has 0 spiro atoms. The molecule has 6 heteroatoms. The fraction of sp³-hybridized carbons (Fsp3) is 0.538. The molecule has 2 unspecified atom stereocenters. The fourth-order valence-corrected chi connectivity index (χ4v) is 4.41. The molecule has 0 aromatic heterocycles. The molecule has 1 fully saturated rings. The first-order valence-electron chi connectivity index (χ1n) is 6.27. The van der Waals surface area contributed by atoms with Crippen LogP contribution in [0.3, 0.4) is 0 Å². The largest absolute Gasteiger partial charge is 0.397 e. The van der Waals surface area contributed by atoms with Crippen LogP contribution in [0.15, 0.2) is 23.1 Å². The Labute approximate surface area is 119 Å². The smallest absolute Gasteiger partial charge is 0.175 e. The summed E-state index contributed by atoms with van der Waals surface area (Å²) >= 11 is 1.97. The van der Waals surface area contributed by atoms with Gasteiger partial charge in [-0.1, -0.05) is 13.8 Å². The van der Waals surface area contributed by atoms with Crippen LogP contribution in [0.5, 0.6) is 0 Å². The van der Waals surface area contributed by atoms with Crippen LogP contribution in [-0.4, -0.2) is 38.3 Å². The number of benzene rings is 1. The maximum atomic E-state index is 11.5. The zero-order chi connectivity index (χ0) is 14.2. The van der Waals surface area contributed by atoms with Crippen molar-refractivity contribution < 1.29 is 8.42 Å². The van der Waals surface area contributed by atoms with Gasteiger partial charge >= 0.3 is 0 Å². The number of sulfone groups is 1. The molecule has 0 saturated carbocycles. The number of thioether (sulfide) groups is 1. The maximum Gasteiger partial charge on any atom is 0.175 e. The predicted octanol–water partition coefficient (Wildman–Crippen LogP) is 2.00. The third-order valence-electron chi connectivity index (χ3n) is 3.19. The summed E-state index contributed by atoms with van der Waals surface area (Å²) < 4.78 is 23.0. The van der Waals surface area contributed by atoms with E-state index in [0.717, 1.165) is 18.8 Å². The van der Waals surface area contributed by atoms with E-state index in [-0.39, 0.29) is 4.90 Å². The van der Waals surface area contributed by atoms with Gasteiger partial charge in [0, 0.05) is 29.8 Å². The molecule has 1 heterocycles. The van der Waals surface area contributed by atoms with Crippen molar-refractivity contribution in [2.75, 3.05) is 30.0 Å². The van der Waals surface area contributed by atoms with Crippen molar-refractivity contribution in [2.45, 2.75) is 29.2 Å². The van der Waals surface area contributed by atoms with Crippen LogP contribution in [0.1, 0.15) is 13.8 Å². The Morgan fingerprint density at radius 3 is 2.32 bits per heavy atom. The third-order valence-corrected chi connectivity index (χ3v) is 5.53. The molecule has 0 aliphatic carbocycles. The van der Waals surface area contributed by atoms with E-state index in [9.17, 15) is 8.42 Å². The molecule has 1 aromatic carbocycles. The number of nitrogens with two attached hydrogens (primary N) is 1. The van der Waals surface area contributed by atoms with Gasteiger partial charge in [0.1, 0.15) is 0 Å². The van der Waals surface area contributed by atoms with Crippen molar-refractivity contribution in [3.8, 4) is 0 Å². The Balaban J connectivity index is 2.31. The van der Waals surface area contributed by atoms with Crippen molar-refractivity contribution >= 4 is 33.0 Å². The molecule has 4 nitrogen and oxygen atoms in total. The summed E-state index contributed by atoms with van der Waals surface area (Å²) in [5, 5.41) is 1.11. The van der Waals surface area contributed by atoms with Crippen LogP contribution in [0.2, 0.25) is 0 Å². The molecule has 2 atom stereocenters. The second kappa shape index (κ2) is 5.25. The number of nitrogen functional groups attached to an aromatic ring is 1. The highest BCUT2D eigenvalue weighted by molar-refractivity contribution is 8.00. The van der Waals surface area contributed by atoms with Gasteiger partial charge in [-0.25, -0.2) is 8.42 Å². The quantitative estimate of drug-likeness (QED) is 0.846. The van der Waals surface area contributed by atoms with Crippen LogP contribution in [0.4, 0.5) is 11.4 Å². The predicted molar refractivity (Wildman–Crippen MR) is 82.7 cm³/mol. The van der Waals surface area contributed by atoms with E-state index < -0.39 is 9.84 Å². The summed E-state index contributed by atoms with van der Waals surface area (Å²) in [6.45, 7) is 6.29. The second-order valence-electron chi connectivity index (χ2n) is 5.16. The molecule has 1 aliphatic heterocycles. The van der Waals surface area contributed by atoms with E-state index in [1.165, 1.54) is 6.26 Å². The minimum atomic E-state index is -3.20. The number of hydrogen-bond donors (Lipinski definition) is 1. The average molecular weight is 300 g/mol. The van der Waals surface area contributed by atoms with Gasteiger partial charge in [-0.05, 0) is 18.2 Å². The SMILES string of the molecule is CC1CN(c2ccc(S(C)(=O)=O)cc2N)CC(C)S1. The van der Waals surface area contributed by atoms with Gasteiger partial charge in [-0.3, -0.25) is 0 Å². The molecule has 1 aromatic rings. The molecule has 1 saturated heterocycles. The summed E-state index contributed by atoms with van der Waals surface area (Å²) in [6.07, 6.45) is 1.20. The Hall–Kier alpha value is -0.880. The lowest BCUT2D eigenvalue weighted by molar-refractivity contribution is 0.602. The van der Waals surface area contributed by atoms with Gasteiger partial charge in [0.25, 0.3) is 0 Å². The lowest BCUT2D eigenvalue weighted by atomic mass is 10.2. The van der Waals surface area contributed by atoms with Crippen molar-refractivity contribution in [2.24, 2.45) is 0 Å². The minimum Gasteiger partial charge on any atom is -0.397 e. The summed E-state index contributed by atoms with van der Waals surface area (Å²) in [5.41, 5.74) is 7.50. The van der Waals surface area contributed by atoms with Crippen molar-refractivity contribution in [3.63, 3.8) is 0 Å². The monoisotopic (exact) mass is 300 g/mol. The Morgan fingerprint density at radius 2 is 1.84 bits per heavy atom. The molecule has 0 amide bonds. The standard InChI is InChI=1S/C13H20N2O2S2/c1-9-7-15(8-10(2)18-9)13-5-4-11(6-12(13)14)19(3,16)17/h4-6,9-10H,7-8,14H2,1-3H3. The Kier molecular flexibility index (Phi) is 4.01. The third kappa shape index (κ3) is 3.36. The van der Waals surface area contributed by atoms with Crippen molar-refractivity contribution in [3.05, 3.63) is 18.2 Å². The van der Waals surface area contributed by atoms with Gasteiger partial charge in [-0.15, -0.1) is 0 Å². The zero-order valence-electron chi connectivity index (χ0n) is 11.5. The number of rotatable bonds is 2. The van der Waals surface area contributed by atoms with E-state index in [2.05, 4.69) is 18.7 Å². The molecular formula is C13H20N2O2S2. The van der Waals surface area contributed by atoms with E-state index in [4.69, 9.17) is 5.73 Å². The van der Waals surface area contributed by atoms with E-state index in [1.807, 2.05) is 17.8 Å². The molecule has 19 heavy (non-hydrogen) atoms. The normalized spacial score (nSPS) is 24.5. The lowest BCUT2D eigenvalue weighted by Gasteiger charge is -2.36. The van der Waals surface area contributed by atoms with Gasteiger partial charge in [0.15, 0.2) is 9.84 Å². The summed E-state index contributed by atoms with van der Waals surface area (Å²) in [7, 11) is -3.20. The number of hydrogen-bond acceptors (Lipinski definition) is 5. The minimum absolute atomic E-state index is 0.279. The van der Waals surface area contributed by atoms with E-state index in [0.29, 0.717) is 16.2 Å². The van der Waals surface area contributed by atoms with Crippen LogP contribution >= 0.6 is 11.8 Å². The van der Waals surface area contributed by atoms with Crippen LogP contribution < -0.4 is 10.6 Å². The van der Waals surface area contributed by atoms with Crippen molar-refractivity contribution in [1.82, 2.24) is 0 Å². The van der Waals surface area contributed by atoms with Crippen LogP contribution in [0.25, 0.3) is 0 Å². The Bertz CT molecular complexity index is 562. The van der Waals surface area contributed by atoms with Crippen LogP contribution in [-0.2, 0) is 9.84 Å². The lowest BCUT2D eigenvalue weighted by Crippen LogP contribution is -2.40. The summed E-state index contributed by atoms with van der Waals surface area (Å²) in [4.78, 5) is 2.52. The summed E-state index contributed by atoms with van der Waals surface area (Å²) in [5.74, 6) is 0. The van der Waals surface area contributed by atoms with Gasteiger partial charge in [0.2, 0.25) is 0 Å². The van der Waals surface area contributed by atoms with Gasteiger partial charge < -0.3 is 10.6 Å². The van der Waals surface area contributed by atoms with Crippen LogP contribution in [0, 0.1) is 0 Å². The second-order valence-corrected chi connectivity index (χ2v) is 9.05. The van der Waals surface area contributed by atoms with E-state index in [1.54, 1.807) is 12.1 Å². The van der Waals surface area contributed by atoms with E-state index >= 15 is 0 Å². The summed E-state index contributed by atoms with van der Waals surface area (Å²) in [6, 6.07) is 5.01. The number of nitrogens with zero attached hydrogens (tertiary/aromatic N) is 1. The molecule has 1 aliphatic rings. The topological polar surface area (TPSA) is 63.4 Å². The molecule has 2 rings (SSSR count). The zero-order valence-corrected chi connectivity index (χ0v) is 13.1.